The summed E-state index contributed by atoms with van der Waals surface area (Å²) < 4.78 is 51.7. The Bertz CT molecular complexity index is 1770. The Morgan fingerprint density at radius 3 is 2.12 bits per heavy atom. The maximum Gasteiger partial charge on any atom is 0.410 e. The second-order valence-electron chi connectivity index (χ2n) is 20.3. The summed E-state index contributed by atoms with van der Waals surface area (Å²) in [6.45, 7) is 22.5. The zero-order chi connectivity index (χ0) is 48.5. The first-order chi connectivity index (χ1) is 30.4. The fourth-order valence-corrected chi connectivity index (χ4v) is 11.2. The molecule has 0 spiro atoms. The van der Waals surface area contributed by atoms with Crippen molar-refractivity contribution in [3.05, 3.63) is 34.9 Å². The third-order valence-corrected chi connectivity index (χ3v) is 15.6. The molecule has 15 nitrogen and oxygen atoms in total. The SMILES string of the molecule is CC[C@H]1OC(=O)[C@H](C)[C@@H](OC2C[C@@](C)(OC)[C@@H](O)[C@H](C)O2)[C@H](C)[C@@H](OC2O[C@H](C)C[C@H](N(C)C(C)C)[C@H]2O)[C@@](C)(OC)C[C@@H](C)C(=O)[C@H](C)[C@H]2N(CCc3ccc(Cl)cc3)C(=O)O[C@]12C. The van der Waals surface area contributed by atoms with Crippen molar-refractivity contribution in [1.29, 1.82) is 0 Å². The maximum absolute atomic E-state index is 15.1. The second kappa shape index (κ2) is 21.5. The van der Waals surface area contributed by atoms with Crippen LogP contribution in [0.15, 0.2) is 24.3 Å². The molecule has 2 unspecified atom stereocenters. The third kappa shape index (κ3) is 11.2. The number of cyclic esters (lactones) is 1. The monoisotopic (exact) mass is 939 g/mol. The van der Waals surface area contributed by atoms with E-state index in [1.54, 1.807) is 51.8 Å². The molecule has 4 aliphatic rings. The molecule has 4 fully saturated rings. The van der Waals surface area contributed by atoms with Crippen LogP contribution in [0.4, 0.5) is 4.79 Å². The highest BCUT2D eigenvalue weighted by Gasteiger charge is 2.61. The molecule has 0 saturated carbocycles. The molecular weight excluding hydrogens is 860 g/mol. The number of carbonyl (C=O) groups excluding carboxylic acids is 3. The molecule has 4 aliphatic heterocycles. The van der Waals surface area contributed by atoms with Crippen LogP contribution >= 0.6 is 11.6 Å². The van der Waals surface area contributed by atoms with Gasteiger partial charge in [-0.1, -0.05) is 51.4 Å². The van der Waals surface area contributed by atoms with Gasteiger partial charge in [-0.3, -0.25) is 19.4 Å². The number of nitrogens with zero attached hydrogens (tertiary/aromatic N) is 2. The molecule has 1 aromatic carbocycles. The Morgan fingerprint density at radius 2 is 1.54 bits per heavy atom. The van der Waals surface area contributed by atoms with Gasteiger partial charge in [0.05, 0.1) is 47.6 Å². The zero-order valence-electron chi connectivity index (χ0n) is 41.4. The second-order valence-corrected chi connectivity index (χ2v) is 20.8. The van der Waals surface area contributed by atoms with Crippen LogP contribution in [-0.4, -0.2) is 156 Å². The van der Waals surface area contributed by atoms with Gasteiger partial charge in [0.25, 0.3) is 0 Å². The molecule has 5 rings (SSSR count). The number of rotatable bonds is 12. The van der Waals surface area contributed by atoms with Crippen LogP contribution in [0.5, 0.6) is 0 Å². The molecule has 4 heterocycles. The van der Waals surface area contributed by atoms with E-state index in [1.807, 2.05) is 60.7 Å². The van der Waals surface area contributed by atoms with Crippen molar-refractivity contribution in [2.24, 2.45) is 23.7 Å². The van der Waals surface area contributed by atoms with E-state index >= 15 is 4.79 Å². The van der Waals surface area contributed by atoms with E-state index < -0.39 is 108 Å². The van der Waals surface area contributed by atoms with Gasteiger partial charge in [-0.25, -0.2) is 4.79 Å². The van der Waals surface area contributed by atoms with Gasteiger partial charge < -0.3 is 48.1 Å². The van der Waals surface area contributed by atoms with Crippen molar-refractivity contribution in [2.45, 2.75) is 205 Å². The van der Waals surface area contributed by atoms with Gasteiger partial charge in [0.2, 0.25) is 0 Å². The van der Waals surface area contributed by atoms with Crippen molar-refractivity contribution < 1.29 is 62.5 Å². The number of Topliss-reactive ketones (excluding diaryl/α,β-unsaturated/α-hetero) is 1. The number of carbonyl (C=O) groups is 3. The summed E-state index contributed by atoms with van der Waals surface area (Å²) in [6.07, 6.45) is -7.09. The summed E-state index contributed by atoms with van der Waals surface area (Å²) in [6, 6.07) is 6.37. The predicted octanol–water partition coefficient (Wildman–Crippen LogP) is 6.58. The number of halogens is 1. The summed E-state index contributed by atoms with van der Waals surface area (Å²) >= 11 is 6.18. The molecule has 0 bridgehead atoms. The van der Waals surface area contributed by atoms with Gasteiger partial charge in [0.1, 0.15) is 24.1 Å². The molecule has 0 aliphatic carbocycles. The molecule has 0 radical (unpaired) electrons. The minimum Gasteiger partial charge on any atom is -0.458 e. The lowest BCUT2D eigenvalue weighted by atomic mass is 9.73. The number of methoxy groups -OCH3 is 2. The lowest BCUT2D eigenvalue weighted by Crippen LogP contribution is -2.62. The number of aliphatic hydroxyl groups excluding tert-OH is 2. The van der Waals surface area contributed by atoms with Gasteiger partial charge in [-0.05, 0) is 106 Å². The van der Waals surface area contributed by atoms with Gasteiger partial charge in [0.15, 0.2) is 18.2 Å². The Morgan fingerprint density at radius 1 is 0.908 bits per heavy atom. The average Bonchev–Trinajstić information content (AvgIpc) is 3.53. The number of esters is 1. The van der Waals surface area contributed by atoms with Crippen LogP contribution in [0, 0.1) is 23.7 Å². The lowest BCUT2D eigenvalue weighted by molar-refractivity contribution is -0.319. The Hall–Kier alpha value is -2.44. The lowest BCUT2D eigenvalue weighted by Gasteiger charge is -2.50. The van der Waals surface area contributed by atoms with Crippen LogP contribution in [0.1, 0.15) is 114 Å². The van der Waals surface area contributed by atoms with Crippen LogP contribution in [0.25, 0.3) is 0 Å². The molecular formula is C49H79ClN2O13. The molecule has 4 saturated heterocycles. The number of ether oxygens (including phenoxy) is 8. The Kier molecular flexibility index (Phi) is 17.7. The van der Waals surface area contributed by atoms with E-state index in [9.17, 15) is 19.8 Å². The number of amides is 1. The van der Waals surface area contributed by atoms with Crippen LogP contribution in [0.3, 0.4) is 0 Å². The van der Waals surface area contributed by atoms with Crippen molar-refractivity contribution in [3.8, 4) is 0 Å². The topological polar surface area (TPSA) is 172 Å². The number of ketones is 1. The van der Waals surface area contributed by atoms with Crippen molar-refractivity contribution in [3.63, 3.8) is 0 Å². The van der Waals surface area contributed by atoms with Crippen molar-refractivity contribution in [2.75, 3.05) is 27.8 Å². The molecule has 1 aromatic rings. The molecule has 0 aromatic heterocycles. The molecule has 370 valence electrons. The van der Waals surface area contributed by atoms with Crippen LogP contribution < -0.4 is 0 Å². The summed E-state index contributed by atoms with van der Waals surface area (Å²) in [5.74, 6) is -3.94. The van der Waals surface area contributed by atoms with Crippen LogP contribution in [0.2, 0.25) is 5.02 Å². The first kappa shape index (κ1) is 53.5. The average molecular weight is 940 g/mol. The number of likely N-dealkylation sites (N-methyl/N-ethyl adjacent to an activating group) is 1. The van der Waals surface area contributed by atoms with Crippen LogP contribution in [-0.2, 0) is 53.9 Å². The van der Waals surface area contributed by atoms with E-state index in [2.05, 4.69) is 18.7 Å². The van der Waals surface area contributed by atoms with Gasteiger partial charge in [-0.15, -0.1) is 0 Å². The number of hydrogen-bond donors (Lipinski definition) is 2. The van der Waals surface area contributed by atoms with Gasteiger partial charge >= 0.3 is 12.1 Å². The maximum atomic E-state index is 15.1. The quantitative estimate of drug-likeness (QED) is 0.215. The standard InChI is InChI=1S/C49H79ClN2O13/c1-16-36-49(12)41(52(46(57)65-49)22-21-33-17-19-34(50)20-18-33)29(6)38(53)27(4)24-48(11,59-15)43(64-45-39(54)35(23-28(5)60-45)51(13)26(2)3)30(7)40(31(8)44(56)62-36)63-37-25-47(10,58-14)42(55)32(9)61-37/h17-20,26-32,35-37,39-43,45,54-55H,16,21-25H2,1-15H3/t27-,28-,29+,30+,31-,32+,35+,36-,37?,39-,40+,41-,42+,43-,45?,47-,48+,49-/m1/s1. The minimum atomic E-state index is -1.43. The zero-order valence-corrected chi connectivity index (χ0v) is 42.2. The van der Waals surface area contributed by atoms with E-state index in [0.717, 1.165) is 5.56 Å². The number of hydrogen-bond acceptors (Lipinski definition) is 14. The largest absolute Gasteiger partial charge is 0.458 e. The number of aliphatic hydroxyl groups is 2. The molecule has 65 heavy (non-hydrogen) atoms. The summed E-state index contributed by atoms with van der Waals surface area (Å²) in [7, 11) is 5.04. The fourth-order valence-electron chi connectivity index (χ4n) is 11.0. The van der Waals surface area contributed by atoms with Gasteiger partial charge in [0, 0.05) is 62.0 Å². The normalized spacial score (nSPS) is 42.4. The Balaban J connectivity index is 1.63. The molecule has 2 N–H and O–H groups in total. The fraction of sp³-hybridized carbons (Fsp3) is 0.816. The summed E-state index contributed by atoms with van der Waals surface area (Å²) in [5.41, 5.74) is -2.80. The van der Waals surface area contributed by atoms with Crippen molar-refractivity contribution >= 4 is 29.4 Å². The number of fused-ring (bicyclic) bond motifs is 1. The first-order valence-corrected chi connectivity index (χ1v) is 24.0. The van der Waals surface area contributed by atoms with Gasteiger partial charge in [-0.2, -0.15) is 0 Å². The predicted molar refractivity (Wildman–Crippen MR) is 244 cm³/mol. The van der Waals surface area contributed by atoms with E-state index in [4.69, 9.17) is 49.5 Å². The van der Waals surface area contributed by atoms with E-state index in [-0.39, 0.29) is 49.8 Å². The molecule has 16 heteroatoms. The molecule has 18 atom stereocenters. The highest BCUT2D eigenvalue weighted by Crippen LogP contribution is 2.45. The first-order valence-electron chi connectivity index (χ1n) is 23.6. The summed E-state index contributed by atoms with van der Waals surface area (Å²) in [4.78, 5) is 47.7. The highest BCUT2D eigenvalue weighted by molar-refractivity contribution is 6.30. The Labute approximate surface area is 392 Å². The summed E-state index contributed by atoms with van der Waals surface area (Å²) in [5, 5.41) is 23.7. The highest BCUT2D eigenvalue weighted by atomic mass is 35.5. The van der Waals surface area contributed by atoms with Crippen molar-refractivity contribution in [1.82, 2.24) is 9.80 Å². The number of benzene rings is 1. The third-order valence-electron chi connectivity index (χ3n) is 15.4. The smallest absolute Gasteiger partial charge is 0.410 e. The van der Waals surface area contributed by atoms with E-state index in [1.165, 1.54) is 7.11 Å². The minimum absolute atomic E-state index is 0.119. The van der Waals surface area contributed by atoms with E-state index in [0.29, 0.717) is 17.9 Å². The molecule has 1 amide bonds.